The van der Waals surface area contributed by atoms with Gasteiger partial charge in [0.15, 0.2) is 0 Å². The van der Waals surface area contributed by atoms with Crippen LogP contribution in [0.1, 0.15) is 39.0 Å². The molecule has 0 spiro atoms. The molecule has 0 aromatic carbocycles. The normalized spacial score (nSPS) is 32.5. The molecular weight excluding hydrogens is 188 g/mol. The molecule has 0 aromatic rings. The van der Waals surface area contributed by atoms with Gasteiger partial charge < -0.3 is 10.6 Å². The monoisotopic (exact) mass is 210 g/mol. The van der Waals surface area contributed by atoms with E-state index in [0.717, 1.165) is 31.3 Å². The quantitative estimate of drug-likeness (QED) is 0.748. The van der Waals surface area contributed by atoms with Crippen LogP contribution in [0.5, 0.6) is 0 Å². The molecule has 15 heavy (non-hydrogen) atoms. The minimum atomic E-state index is -0.273. The van der Waals surface area contributed by atoms with Gasteiger partial charge in [-0.05, 0) is 31.1 Å². The Labute approximate surface area is 92.0 Å². The molecule has 2 unspecified atom stereocenters. The number of nitrogens with two attached hydrogens (primary N) is 1. The summed E-state index contributed by atoms with van der Waals surface area (Å²) in [6, 6.07) is -0.273. The molecule has 1 saturated carbocycles. The van der Waals surface area contributed by atoms with Gasteiger partial charge in [0.2, 0.25) is 5.91 Å². The fourth-order valence-corrected chi connectivity index (χ4v) is 2.99. The smallest absolute Gasteiger partial charge is 0.239 e. The Bertz CT molecular complexity index is 228. The van der Waals surface area contributed by atoms with Crippen LogP contribution >= 0.6 is 0 Å². The molecule has 0 aromatic heterocycles. The van der Waals surface area contributed by atoms with Crippen LogP contribution in [0.25, 0.3) is 0 Å². The lowest BCUT2D eigenvalue weighted by Crippen LogP contribution is -2.42. The molecule has 1 saturated heterocycles. The van der Waals surface area contributed by atoms with Crippen molar-refractivity contribution < 1.29 is 4.79 Å². The van der Waals surface area contributed by atoms with Gasteiger partial charge in [-0.3, -0.25) is 4.79 Å². The number of hydrogen-bond acceptors (Lipinski definition) is 2. The number of hydrogen-bond donors (Lipinski definition) is 1. The SMILES string of the molecule is CC[C@H](N)C(=O)N1CC2CCCCC2C1. The van der Waals surface area contributed by atoms with Crippen LogP contribution < -0.4 is 5.73 Å². The van der Waals surface area contributed by atoms with E-state index in [2.05, 4.69) is 0 Å². The van der Waals surface area contributed by atoms with Crippen molar-refractivity contribution in [1.29, 1.82) is 0 Å². The lowest BCUT2D eigenvalue weighted by molar-refractivity contribution is -0.131. The third-order valence-electron chi connectivity index (χ3n) is 4.04. The zero-order valence-electron chi connectivity index (χ0n) is 9.61. The summed E-state index contributed by atoms with van der Waals surface area (Å²) in [5, 5.41) is 0. The molecule has 1 amide bonds. The van der Waals surface area contributed by atoms with Crippen LogP contribution in [0.3, 0.4) is 0 Å². The maximum absolute atomic E-state index is 11.9. The first-order valence-electron chi connectivity index (χ1n) is 6.26. The Balaban J connectivity index is 1.93. The molecule has 1 heterocycles. The van der Waals surface area contributed by atoms with E-state index in [9.17, 15) is 4.79 Å². The minimum absolute atomic E-state index is 0.173. The van der Waals surface area contributed by atoms with E-state index in [4.69, 9.17) is 5.73 Å². The first-order chi connectivity index (χ1) is 7.22. The largest absolute Gasteiger partial charge is 0.341 e. The number of carbonyl (C=O) groups is 1. The minimum Gasteiger partial charge on any atom is -0.341 e. The highest BCUT2D eigenvalue weighted by Gasteiger charge is 2.37. The number of amides is 1. The molecule has 2 rings (SSSR count). The summed E-state index contributed by atoms with van der Waals surface area (Å²) in [6.07, 6.45) is 6.09. The predicted octanol–water partition coefficient (Wildman–Crippen LogP) is 1.37. The van der Waals surface area contributed by atoms with Crippen molar-refractivity contribution in [3.05, 3.63) is 0 Å². The molecule has 3 nitrogen and oxygen atoms in total. The van der Waals surface area contributed by atoms with Gasteiger partial charge >= 0.3 is 0 Å². The lowest BCUT2D eigenvalue weighted by atomic mass is 9.82. The van der Waals surface area contributed by atoms with Crippen LogP contribution in [0.4, 0.5) is 0 Å². The first-order valence-corrected chi connectivity index (χ1v) is 6.26. The highest BCUT2D eigenvalue weighted by atomic mass is 16.2. The predicted molar refractivity (Wildman–Crippen MR) is 60.3 cm³/mol. The van der Waals surface area contributed by atoms with E-state index in [0.29, 0.717) is 0 Å². The summed E-state index contributed by atoms with van der Waals surface area (Å²) in [7, 11) is 0. The summed E-state index contributed by atoms with van der Waals surface area (Å²) >= 11 is 0. The van der Waals surface area contributed by atoms with E-state index >= 15 is 0 Å². The van der Waals surface area contributed by atoms with Crippen LogP contribution in [0.15, 0.2) is 0 Å². The molecule has 1 aliphatic heterocycles. The van der Waals surface area contributed by atoms with Gasteiger partial charge in [-0.2, -0.15) is 0 Å². The Morgan fingerprint density at radius 1 is 1.33 bits per heavy atom. The van der Waals surface area contributed by atoms with Crippen molar-refractivity contribution >= 4 is 5.91 Å². The molecule has 2 aliphatic rings. The van der Waals surface area contributed by atoms with Gasteiger partial charge in [-0.25, -0.2) is 0 Å². The van der Waals surface area contributed by atoms with Crippen molar-refractivity contribution in [2.45, 2.75) is 45.1 Å². The van der Waals surface area contributed by atoms with Gasteiger partial charge in [0.05, 0.1) is 6.04 Å². The third-order valence-corrected chi connectivity index (χ3v) is 4.04. The number of rotatable bonds is 2. The van der Waals surface area contributed by atoms with Crippen LogP contribution in [-0.2, 0) is 4.79 Å². The summed E-state index contributed by atoms with van der Waals surface area (Å²) in [6.45, 7) is 3.92. The van der Waals surface area contributed by atoms with E-state index in [-0.39, 0.29) is 11.9 Å². The Morgan fingerprint density at radius 2 is 1.87 bits per heavy atom. The van der Waals surface area contributed by atoms with Crippen molar-refractivity contribution in [2.75, 3.05) is 13.1 Å². The van der Waals surface area contributed by atoms with E-state index in [1.807, 2.05) is 11.8 Å². The highest BCUT2D eigenvalue weighted by molar-refractivity contribution is 5.81. The maximum atomic E-state index is 11.9. The average Bonchev–Trinajstić information content (AvgIpc) is 2.70. The van der Waals surface area contributed by atoms with Crippen molar-refractivity contribution in [3.8, 4) is 0 Å². The zero-order valence-corrected chi connectivity index (χ0v) is 9.61. The number of likely N-dealkylation sites (tertiary alicyclic amines) is 1. The third kappa shape index (κ3) is 2.17. The summed E-state index contributed by atoms with van der Waals surface area (Å²) < 4.78 is 0. The second-order valence-electron chi connectivity index (χ2n) is 5.06. The van der Waals surface area contributed by atoms with E-state index < -0.39 is 0 Å². The lowest BCUT2D eigenvalue weighted by Gasteiger charge is -2.22. The molecule has 3 heteroatoms. The average molecular weight is 210 g/mol. The van der Waals surface area contributed by atoms with Crippen molar-refractivity contribution in [1.82, 2.24) is 4.90 Å². The Hall–Kier alpha value is -0.570. The van der Waals surface area contributed by atoms with Gasteiger partial charge in [-0.1, -0.05) is 19.8 Å². The molecule has 2 N–H and O–H groups in total. The zero-order chi connectivity index (χ0) is 10.8. The fraction of sp³-hybridized carbons (Fsp3) is 0.917. The van der Waals surface area contributed by atoms with Crippen LogP contribution in [-0.4, -0.2) is 29.9 Å². The molecular formula is C12H22N2O. The molecule has 0 radical (unpaired) electrons. The van der Waals surface area contributed by atoms with E-state index in [1.54, 1.807) is 0 Å². The van der Waals surface area contributed by atoms with E-state index in [1.165, 1.54) is 25.7 Å². The Morgan fingerprint density at radius 3 is 2.33 bits per heavy atom. The number of carbonyl (C=O) groups excluding carboxylic acids is 1. The van der Waals surface area contributed by atoms with Crippen LogP contribution in [0, 0.1) is 11.8 Å². The first kappa shape index (κ1) is 10.9. The molecule has 86 valence electrons. The Kier molecular flexibility index (Phi) is 3.29. The molecule has 3 atom stereocenters. The van der Waals surface area contributed by atoms with Crippen molar-refractivity contribution in [2.24, 2.45) is 17.6 Å². The summed E-state index contributed by atoms with van der Waals surface area (Å²) in [4.78, 5) is 13.9. The van der Waals surface area contributed by atoms with Crippen LogP contribution in [0.2, 0.25) is 0 Å². The molecule has 0 bridgehead atoms. The second kappa shape index (κ2) is 4.52. The molecule has 2 fully saturated rings. The maximum Gasteiger partial charge on any atom is 0.239 e. The number of nitrogens with zero attached hydrogens (tertiary/aromatic N) is 1. The van der Waals surface area contributed by atoms with Gasteiger partial charge in [0.25, 0.3) is 0 Å². The fourth-order valence-electron chi connectivity index (χ4n) is 2.99. The highest BCUT2D eigenvalue weighted by Crippen LogP contribution is 2.36. The topological polar surface area (TPSA) is 46.3 Å². The number of fused-ring (bicyclic) bond motifs is 1. The van der Waals surface area contributed by atoms with Gasteiger partial charge in [-0.15, -0.1) is 0 Å². The van der Waals surface area contributed by atoms with Gasteiger partial charge in [0, 0.05) is 13.1 Å². The summed E-state index contributed by atoms with van der Waals surface area (Å²) in [5.74, 6) is 1.71. The molecule has 1 aliphatic carbocycles. The standard InChI is InChI=1S/C12H22N2O/c1-2-11(13)12(15)14-7-9-5-3-4-6-10(9)8-14/h9-11H,2-8,13H2,1H3/t9?,10?,11-/m0/s1. The van der Waals surface area contributed by atoms with Gasteiger partial charge in [0.1, 0.15) is 0 Å². The van der Waals surface area contributed by atoms with Crippen molar-refractivity contribution in [3.63, 3.8) is 0 Å². The second-order valence-corrected chi connectivity index (χ2v) is 5.06. The summed E-state index contributed by atoms with van der Waals surface area (Å²) in [5.41, 5.74) is 5.79.